The smallest absolute Gasteiger partial charge is 0.389 e. The second-order valence-electron chi connectivity index (χ2n) is 2.43. The molecule has 1 aromatic rings. The molecule has 0 aliphatic heterocycles. The van der Waals surface area contributed by atoms with Crippen LogP contribution in [0.2, 0.25) is 0 Å². The lowest BCUT2D eigenvalue weighted by Crippen LogP contribution is -2.11. The highest BCUT2D eigenvalue weighted by Crippen LogP contribution is 2.28. The van der Waals surface area contributed by atoms with Crippen LogP contribution in [0.3, 0.4) is 0 Å². The van der Waals surface area contributed by atoms with Crippen molar-refractivity contribution in [2.45, 2.75) is 0 Å². The third-order valence-electron chi connectivity index (χ3n) is 1.48. The van der Waals surface area contributed by atoms with Crippen LogP contribution in [0, 0.1) is 41.4 Å². The minimum Gasteiger partial charge on any atom is -0.410 e. The molecule has 0 unspecified atom stereocenters. The summed E-state index contributed by atoms with van der Waals surface area (Å²) in [5, 5.41) is 0. The lowest BCUT2D eigenvalue weighted by molar-refractivity contribution is -0.128. The Bertz CT molecular complexity index is 475. The topological polar surface area (TPSA) is 26.3 Å². The zero-order valence-corrected chi connectivity index (χ0v) is 7.28. The Hall–Kier alpha value is -2.10. The molecule has 0 aliphatic carbocycles. The number of esters is 1. The Morgan fingerprint density at radius 3 is 1.69 bits per heavy atom. The van der Waals surface area contributed by atoms with Crippen LogP contribution >= 0.6 is 0 Å². The molecule has 0 bridgehead atoms. The second-order valence-corrected chi connectivity index (χ2v) is 2.43. The molecule has 0 N–H and O–H groups in total. The van der Waals surface area contributed by atoms with Gasteiger partial charge in [-0.2, -0.15) is 8.78 Å². The summed E-state index contributed by atoms with van der Waals surface area (Å²) in [5.74, 6) is -13.3. The Morgan fingerprint density at radius 1 is 0.938 bits per heavy atom. The van der Waals surface area contributed by atoms with Gasteiger partial charge in [0.1, 0.15) is 0 Å². The summed E-state index contributed by atoms with van der Waals surface area (Å²) in [4.78, 5) is 10.5. The van der Waals surface area contributed by atoms with Crippen molar-refractivity contribution in [3.63, 3.8) is 0 Å². The number of hydrogen-bond acceptors (Lipinski definition) is 2. The van der Waals surface area contributed by atoms with Crippen LogP contribution in [0.4, 0.5) is 22.0 Å². The van der Waals surface area contributed by atoms with Crippen LogP contribution < -0.4 is 4.74 Å². The van der Waals surface area contributed by atoms with Crippen LogP contribution in [-0.4, -0.2) is 5.97 Å². The van der Waals surface area contributed by atoms with Gasteiger partial charge in [0, 0.05) is 5.92 Å². The van der Waals surface area contributed by atoms with Gasteiger partial charge in [0.2, 0.25) is 34.8 Å². The fraction of sp³-hybridized carbons (Fsp3) is 0. The van der Waals surface area contributed by atoms with Gasteiger partial charge >= 0.3 is 5.97 Å². The van der Waals surface area contributed by atoms with Crippen molar-refractivity contribution in [1.82, 2.24) is 0 Å². The summed E-state index contributed by atoms with van der Waals surface area (Å²) in [5.41, 5.74) is 0. The first kappa shape index (κ1) is 12.0. The molecule has 84 valence electrons. The first-order valence-corrected chi connectivity index (χ1v) is 3.60. The molecule has 0 saturated heterocycles. The molecule has 2 nitrogen and oxygen atoms in total. The van der Waals surface area contributed by atoms with Crippen molar-refractivity contribution in [2.75, 3.05) is 0 Å². The summed E-state index contributed by atoms with van der Waals surface area (Å²) in [6.07, 6.45) is 4.50. The fourth-order valence-corrected chi connectivity index (χ4v) is 0.797. The van der Waals surface area contributed by atoms with Gasteiger partial charge in [-0.15, -0.1) is 6.42 Å². The average Bonchev–Trinajstić information content (AvgIpc) is 2.29. The van der Waals surface area contributed by atoms with Gasteiger partial charge < -0.3 is 4.74 Å². The van der Waals surface area contributed by atoms with E-state index in [9.17, 15) is 26.7 Å². The third kappa shape index (κ3) is 1.82. The van der Waals surface area contributed by atoms with Crippen LogP contribution in [0.1, 0.15) is 0 Å². The van der Waals surface area contributed by atoms with Crippen molar-refractivity contribution in [2.24, 2.45) is 0 Å². The van der Waals surface area contributed by atoms with E-state index >= 15 is 0 Å². The normalized spacial score (nSPS) is 9.75. The first-order valence-electron chi connectivity index (χ1n) is 3.60. The molecule has 1 rings (SSSR count). The molecule has 0 radical (unpaired) electrons. The molecular weight excluding hydrogens is 235 g/mol. The molecule has 0 heterocycles. The molecule has 16 heavy (non-hydrogen) atoms. The van der Waals surface area contributed by atoms with Crippen molar-refractivity contribution >= 4 is 5.97 Å². The number of benzene rings is 1. The Morgan fingerprint density at radius 2 is 1.31 bits per heavy atom. The SMILES string of the molecule is C#CC(=O)Oc1c(F)c(F)c(F)c(F)c1F. The zero-order valence-electron chi connectivity index (χ0n) is 7.28. The summed E-state index contributed by atoms with van der Waals surface area (Å²) >= 11 is 0. The summed E-state index contributed by atoms with van der Waals surface area (Å²) in [6, 6.07) is 0. The van der Waals surface area contributed by atoms with Crippen molar-refractivity contribution < 1.29 is 31.5 Å². The molecule has 0 saturated carbocycles. The van der Waals surface area contributed by atoms with Gasteiger partial charge in [-0.25, -0.2) is 18.0 Å². The number of carbonyl (C=O) groups excluding carboxylic acids is 1. The van der Waals surface area contributed by atoms with E-state index in [1.807, 2.05) is 0 Å². The Balaban J connectivity index is 3.41. The van der Waals surface area contributed by atoms with E-state index < -0.39 is 40.8 Å². The highest BCUT2D eigenvalue weighted by molar-refractivity contribution is 5.89. The van der Waals surface area contributed by atoms with Gasteiger partial charge in [-0.1, -0.05) is 0 Å². The highest BCUT2D eigenvalue weighted by Gasteiger charge is 2.28. The predicted octanol–water partition coefficient (Wildman–Crippen LogP) is 1.92. The first-order chi connectivity index (χ1) is 7.40. The van der Waals surface area contributed by atoms with E-state index in [0.717, 1.165) is 0 Å². The van der Waals surface area contributed by atoms with E-state index in [0.29, 0.717) is 0 Å². The van der Waals surface area contributed by atoms with E-state index in [4.69, 9.17) is 0 Å². The number of terminal acetylenes is 1. The zero-order chi connectivity index (χ0) is 12.5. The number of carbonyl (C=O) groups is 1. The van der Waals surface area contributed by atoms with Crippen molar-refractivity contribution in [3.8, 4) is 18.1 Å². The van der Waals surface area contributed by atoms with Gasteiger partial charge in [0.15, 0.2) is 0 Å². The summed E-state index contributed by atoms with van der Waals surface area (Å²) in [7, 11) is 0. The second kappa shape index (κ2) is 4.18. The van der Waals surface area contributed by atoms with Crippen molar-refractivity contribution in [3.05, 3.63) is 29.1 Å². The van der Waals surface area contributed by atoms with Crippen LogP contribution in [-0.2, 0) is 4.79 Å². The Labute approximate surface area is 85.6 Å². The van der Waals surface area contributed by atoms with Gasteiger partial charge in [0.05, 0.1) is 0 Å². The number of rotatable bonds is 1. The quantitative estimate of drug-likeness (QED) is 0.142. The van der Waals surface area contributed by atoms with Gasteiger partial charge in [-0.05, 0) is 0 Å². The third-order valence-corrected chi connectivity index (χ3v) is 1.48. The number of halogens is 5. The number of ether oxygens (including phenoxy) is 1. The fourth-order valence-electron chi connectivity index (χ4n) is 0.797. The maximum atomic E-state index is 12.8. The standard InChI is InChI=1S/C9HF5O2/c1-2-3(15)16-9-7(13)5(11)4(10)6(12)8(9)14/h1H. The molecule has 0 fully saturated rings. The highest BCUT2D eigenvalue weighted by atomic mass is 19.2. The molecule has 0 spiro atoms. The van der Waals surface area contributed by atoms with E-state index in [1.165, 1.54) is 5.92 Å². The molecule has 0 aliphatic rings. The number of hydrogen-bond donors (Lipinski definition) is 0. The maximum absolute atomic E-state index is 12.8. The van der Waals surface area contributed by atoms with Gasteiger partial charge in [0.25, 0.3) is 0 Å². The van der Waals surface area contributed by atoms with Crippen LogP contribution in [0.15, 0.2) is 0 Å². The molecule has 0 amide bonds. The molecule has 1 aromatic carbocycles. The van der Waals surface area contributed by atoms with Crippen molar-refractivity contribution in [1.29, 1.82) is 0 Å². The molecule has 0 atom stereocenters. The van der Waals surface area contributed by atoms with E-state index in [1.54, 1.807) is 0 Å². The van der Waals surface area contributed by atoms with E-state index in [-0.39, 0.29) is 0 Å². The van der Waals surface area contributed by atoms with Crippen LogP contribution in [0.5, 0.6) is 5.75 Å². The molecular formula is C9HF5O2. The largest absolute Gasteiger partial charge is 0.410 e. The minimum absolute atomic E-state index is 1.29. The Kier molecular flexibility index (Phi) is 3.13. The predicted molar refractivity (Wildman–Crippen MR) is 40.7 cm³/mol. The van der Waals surface area contributed by atoms with Gasteiger partial charge in [-0.3, -0.25) is 0 Å². The summed E-state index contributed by atoms with van der Waals surface area (Å²) in [6.45, 7) is 0. The average molecular weight is 236 g/mol. The van der Waals surface area contributed by atoms with Crippen LogP contribution in [0.25, 0.3) is 0 Å². The van der Waals surface area contributed by atoms with E-state index in [2.05, 4.69) is 11.2 Å². The monoisotopic (exact) mass is 236 g/mol. The molecule has 0 aromatic heterocycles. The summed E-state index contributed by atoms with van der Waals surface area (Å²) < 4.78 is 67.0. The molecule has 7 heteroatoms. The lowest BCUT2D eigenvalue weighted by atomic mass is 10.2. The maximum Gasteiger partial charge on any atom is 0.389 e. The minimum atomic E-state index is -2.35. The lowest BCUT2D eigenvalue weighted by Gasteiger charge is -2.06.